The Bertz CT molecular complexity index is 806. The second kappa shape index (κ2) is 9.91. The SMILES string of the molecule is CN1CCN(CCNC(=O)Nc2ccc(N3CCCC3)nc2)C(c2ccccc2)C1. The molecule has 0 bridgehead atoms. The van der Waals surface area contributed by atoms with Crippen molar-refractivity contribution in [3.63, 3.8) is 0 Å². The second-order valence-corrected chi connectivity index (χ2v) is 8.20. The predicted molar refractivity (Wildman–Crippen MR) is 121 cm³/mol. The maximum atomic E-state index is 12.3. The minimum absolute atomic E-state index is 0.184. The van der Waals surface area contributed by atoms with Crippen LogP contribution in [0.15, 0.2) is 48.7 Å². The molecule has 1 atom stereocenters. The summed E-state index contributed by atoms with van der Waals surface area (Å²) in [5.74, 6) is 0.987. The number of carbonyl (C=O) groups is 1. The van der Waals surface area contributed by atoms with E-state index in [-0.39, 0.29) is 6.03 Å². The Kier molecular flexibility index (Phi) is 6.81. The zero-order valence-electron chi connectivity index (χ0n) is 17.8. The van der Waals surface area contributed by atoms with Gasteiger partial charge in [-0.3, -0.25) is 4.90 Å². The second-order valence-electron chi connectivity index (χ2n) is 8.20. The summed E-state index contributed by atoms with van der Waals surface area (Å²) in [4.78, 5) is 23.9. The van der Waals surface area contributed by atoms with E-state index in [9.17, 15) is 4.79 Å². The van der Waals surface area contributed by atoms with Crippen molar-refractivity contribution < 1.29 is 4.79 Å². The van der Waals surface area contributed by atoms with Crippen LogP contribution in [0.2, 0.25) is 0 Å². The van der Waals surface area contributed by atoms with Crippen molar-refractivity contribution in [1.29, 1.82) is 0 Å². The van der Waals surface area contributed by atoms with Gasteiger partial charge in [-0.2, -0.15) is 0 Å². The molecule has 2 amide bonds. The quantitative estimate of drug-likeness (QED) is 0.770. The fourth-order valence-electron chi connectivity index (χ4n) is 4.30. The van der Waals surface area contributed by atoms with E-state index in [0.717, 1.165) is 50.8 Å². The van der Waals surface area contributed by atoms with Gasteiger partial charge < -0.3 is 20.4 Å². The molecule has 2 aromatic rings. The van der Waals surface area contributed by atoms with E-state index in [0.29, 0.717) is 12.6 Å². The summed E-state index contributed by atoms with van der Waals surface area (Å²) in [7, 11) is 2.17. The molecule has 0 aliphatic carbocycles. The Morgan fingerprint density at radius 2 is 1.87 bits per heavy atom. The highest BCUT2D eigenvalue weighted by Crippen LogP contribution is 2.24. The van der Waals surface area contributed by atoms with E-state index < -0.39 is 0 Å². The molecule has 7 heteroatoms. The molecule has 30 heavy (non-hydrogen) atoms. The van der Waals surface area contributed by atoms with Crippen LogP contribution in [0.3, 0.4) is 0 Å². The number of amides is 2. The molecule has 4 rings (SSSR count). The average Bonchev–Trinajstić information content (AvgIpc) is 3.31. The van der Waals surface area contributed by atoms with Gasteiger partial charge in [-0.05, 0) is 37.6 Å². The number of nitrogens with zero attached hydrogens (tertiary/aromatic N) is 4. The van der Waals surface area contributed by atoms with Gasteiger partial charge in [-0.1, -0.05) is 30.3 Å². The smallest absolute Gasteiger partial charge is 0.319 e. The van der Waals surface area contributed by atoms with E-state index in [1.807, 2.05) is 12.1 Å². The number of carbonyl (C=O) groups excluding carboxylic acids is 1. The summed E-state index contributed by atoms with van der Waals surface area (Å²) >= 11 is 0. The highest BCUT2D eigenvalue weighted by Gasteiger charge is 2.26. The number of urea groups is 1. The number of rotatable bonds is 6. The van der Waals surface area contributed by atoms with Gasteiger partial charge in [0.15, 0.2) is 0 Å². The lowest BCUT2D eigenvalue weighted by atomic mass is 10.0. The molecule has 3 heterocycles. The third-order valence-corrected chi connectivity index (χ3v) is 6.00. The van der Waals surface area contributed by atoms with Crippen LogP contribution in [0, 0.1) is 0 Å². The molecule has 2 fully saturated rings. The molecule has 7 nitrogen and oxygen atoms in total. The Labute approximate surface area is 179 Å². The fraction of sp³-hybridized carbons (Fsp3) is 0.478. The van der Waals surface area contributed by atoms with E-state index >= 15 is 0 Å². The van der Waals surface area contributed by atoms with Crippen molar-refractivity contribution >= 4 is 17.5 Å². The first-order valence-corrected chi connectivity index (χ1v) is 10.9. The lowest BCUT2D eigenvalue weighted by molar-refractivity contribution is 0.0913. The van der Waals surface area contributed by atoms with Crippen molar-refractivity contribution in [2.24, 2.45) is 0 Å². The topological polar surface area (TPSA) is 63.7 Å². The lowest BCUT2D eigenvalue weighted by Gasteiger charge is -2.40. The van der Waals surface area contributed by atoms with Crippen LogP contribution < -0.4 is 15.5 Å². The van der Waals surface area contributed by atoms with Gasteiger partial charge in [0, 0.05) is 51.9 Å². The summed E-state index contributed by atoms with van der Waals surface area (Å²) in [6.07, 6.45) is 4.18. The Balaban J connectivity index is 1.25. The molecule has 1 aromatic carbocycles. The molecule has 1 unspecified atom stereocenters. The van der Waals surface area contributed by atoms with E-state index in [1.54, 1.807) is 6.20 Å². The van der Waals surface area contributed by atoms with Crippen LogP contribution in [0.4, 0.5) is 16.3 Å². The molecular weight excluding hydrogens is 376 g/mol. The molecule has 2 N–H and O–H groups in total. The highest BCUT2D eigenvalue weighted by molar-refractivity contribution is 5.89. The standard InChI is InChI=1S/C23H32N6O/c1-27-15-16-28(21(18-27)19-7-3-2-4-8-19)14-11-24-23(30)26-20-9-10-22(25-17-20)29-12-5-6-13-29/h2-4,7-10,17,21H,5-6,11-16,18H2,1H3,(H2,24,26,30). The summed E-state index contributed by atoms with van der Waals surface area (Å²) in [6, 6.07) is 14.7. The Hall–Kier alpha value is -2.64. The minimum Gasteiger partial charge on any atom is -0.357 e. The van der Waals surface area contributed by atoms with Crippen LogP contribution in [-0.2, 0) is 0 Å². The summed E-state index contributed by atoms with van der Waals surface area (Å²) in [5, 5.41) is 5.88. The number of anilines is 2. The van der Waals surface area contributed by atoms with E-state index in [2.05, 4.69) is 67.7 Å². The largest absolute Gasteiger partial charge is 0.357 e. The number of hydrogen-bond acceptors (Lipinski definition) is 5. The van der Waals surface area contributed by atoms with Gasteiger partial charge in [-0.15, -0.1) is 0 Å². The number of pyridine rings is 1. The zero-order valence-corrected chi connectivity index (χ0v) is 17.8. The first-order valence-electron chi connectivity index (χ1n) is 10.9. The minimum atomic E-state index is -0.184. The van der Waals surface area contributed by atoms with Gasteiger partial charge >= 0.3 is 6.03 Å². The first-order chi connectivity index (χ1) is 14.7. The Morgan fingerprint density at radius 3 is 2.60 bits per heavy atom. The molecule has 2 saturated heterocycles. The summed E-state index contributed by atoms with van der Waals surface area (Å²) < 4.78 is 0. The van der Waals surface area contributed by atoms with Gasteiger partial charge in [0.05, 0.1) is 11.9 Å². The van der Waals surface area contributed by atoms with E-state index in [1.165, 1.54) is 18.4 Å². The molecule has 0 saturated carbocycles. The third kappa shape index (κ3) is 5.29. The fourth-order valence-corrected chi connectivity index (χ4v) is 4.30. The molecular formula is C23H32N6O. The number of piperazine rings is 1. The Morgan fingerprint density at radius 1 is 1.07 bits per heavy atom. The van der Waals surface area contributed by atoms with Gasteiger partial charge in [0.2, 0.25) is 0 Å². The van der Waals surface area contributed by atoms with Gasteiger partial charge in [0.1, 0.15) is 5.82 Å². The van der Waals surface area contributed by atoms with Crippen molar-refractivity contribution in [3.8, 4) is 0 Å². The molecule has 1 aromatic heterocycles. The first kappa shape index (κ1) is 20.6. The monoisotopic (exact) mass is 408 g/mol. The third-order valence-electron chi connectivity index (χ3n) is 6.00. The maximum Gasteiger partial charge on any atom is 0.319 e. The number of benzene rings is 1. The average molecular weight is 409 g/mol. The molecule has 0 radical (unpaired) electrons. The molecule has 2 aliphatic rings. The van der Waals surface area contributed by atoms with Crippen LogP contribution >= 0.6 is 0 Å². The predicted octanol–water partition coefficient (Wildman–Crippen LogP) is 2.79. The van der Waals surface area contributed by atoms with Crippen molar-refractivity contribution in [1.82, 2.24) is 20.1 Å². The maximum absolute atomic E-state index is 12.3. The molecule has 160 valence electrons. The number of hydrogen-bond donors (Lipinski definition) is 2. The van der Waals surface area contributed by atoms with Crippen molar-refractivity contribution in [2.75, 3.05) is 63.1 Å². The van der Waals surface area contributed by atoms with Crippen LogP contribution in [0.1, 0.15) is 24.4 Å². The summed E-state index contributed by atoms with van der Waals surface area (Å²) in [5.41, 5.74) is 2.05. The molecule has 2 aliphatic heterocycles. The van der Waals surface area contributed by atoms with Crippen molar-refractivity contribution in [3.05, 3.63) is 54.2 Å². The number of aromatic nitrogens is 1. The van der Waals surface area contributed by atoms with Crippen molar-refractivity contribution in [2.45, 2.75) is 18.9 Å². The van der Waals surface area contributed by atoms with Crippen LogP contribution in [-0.4, -0.2) is 73.7 Å². The zero-order chi connectivity index (χ0) is 20.8. The highest BCUT2D eigenvalue weighted by atomic mass is 16.2. The lowest BCUT2D eigenvalue weighted by Crippen LogP contribution is -2.49. The normalized spacial score (nSPS) is 20.3. The van der Waals surface area contributed by atoms with Gasteiger partial charge in [0.25, 0.3) is 0 Å². The van der Waals surface area contributed by atoms with E-state index in [4.69, 9.17) is 0 Å². The summed E-state index contributed by atoms with van der Waals surface area (Å²) in [6.45, 7) is 6.62. The van der Waals surface area contributed by atoms with Crippen LogP contribution in [0.25, 0.3) is 0 Å². The number of likely N-dealkylation sites (N-methyl/N-ethyl adjacent to an activating group) is 1. The van der Waals surface area contributed by atoms with Crippen LogP contribution in [0.5, 0.6) is 0 Å². The molecule has 0 spiro atoms. The van der Waals surface area contributed by atoms with Gasteiger partial charge in [-0.25, -0.2) is 9.78 Å². The number of nitrogens with one attached hydrogen (secondary N) is 2.